The zero-order chi connectivity index (χ0) is 16.1. The minimum absolute atomic E-state index is 0.00332. The Bertz CT molecular complexity index is 739. The SMILES string of the molecule is Nc1ccccc1C#CC(c1ccccc1)C1CCCCC1=O. The second kappa shape index (κ2) is 7.15. The molecule has 23 heavy (non-hydrogen) atoms. The van der Waals surface area contributed by atoms with Gasteiger partial charge >= 0.3 is 0 Å². The molecule has 2 aromatic rings. The van der Waals surface area contributed by atoms with E-state index in [4.69, 9.17) is 5.73 Å². The maximum atomic E-state index is 12.4. The van der Waals surface area contributed by atoms with Gasteiger partial charge in [0.15, 0.2) is 0 Å². The number of Topliss-reactive ketones (excluding diaryl/α,β-unsaturated/α-hetero) is 1. The van der Waals surface area contributed by atoms with Crippen molar-refractivity contribution in [3.63, 3.8) is 0 Å². The Morgan fingerprint density at radius 1 is 1.00 bits per heavy atom. The molecule has 0 saturated heterocycles. The van der Waals surface area contributed by atoms with Crippen molar-refractivity contribution in [2.45, 2.75) is 31.6 Å². The summed E-state index contributed by atoms with van der Waals surface area (Å²) in [6.07, 6.45) is 3.73. The average Bonchev–Trinajstić information content (AvgIpc) is 2.59. The van der Waals surface area contributed by atoms with Gasteiger partial charge in [0.2, 0.25) is 0 Å². The van der Waals surface area contributed by atoms with Crippen LogP contribution in [0.25, 0.3) is 0 Å². The topological polar surface area (TPSA) is 43.1 Å². The number of rotatable bonds is 2. The van der Waals surface area contributed by atoms with Crippen LogP contribution in [0.4, 0.5) is 5.69 Å². The number of hydrogen-bond donors (Lipinski definition) is 1. The lowest BCUT2D eigenvalue weighted by atomic mass is 9.76. The summed E-state index contributed by atoms with van der Waals surface area (Å²) in [6.45, 7) is 0. The van der Waals surface area contributed by atoms with Gasteiger partial charge in [-0.2, -0.15) is 0 Å². The van der Waals surface area contributed by atoms with Gasteiger partial charge in [-0.05, 0) is 30.5 Å². The molecule has 2 N–H and O–H groups in total. The first kappa shape index (κ1) is 15.4. The number of nitrogens with two attached hydrogens (primary N) is 1. The number of carbonyl (C=O) groups is 1. The van der Waals surface area contributed by atoms with E-state index in [9.17, 15) is 4.79 Å². The average molecular weight is 303 g/mol. The van der Waals surface area contributed by atoms with Gasteiger partial charge in [-0.1, -0.05) is 60.7 Å². The number of benzene rings is 2. The summed E-state index contributed by atoms with van der Waals surface area (Å²) in [5.74, 6) is 6.84. The van der Waals surface area contributed by atoms with Gasteiger partial charge in [-0.3, -0.25) is 4.79 Å². The highest BCUT2D eigenvalue weighted by atomic mass is 16.1. The highest BCUT2D eigenvalue weighted by Crippen LogP contribution is 2.33. The molecule has 0 spiro atoms. The summed E-state index contributed by atoms with van der Waals surface area (Å²) in [5, 5.41) is 0. The minimum atomic E-state index is -0.0522. The molecule has 3 rings (SSSR count). The molecule has 2 heteroatoms. The number of hydrogen-bond acceptors (Lipinski definition) is 2. The van der Waals surface area contributed by atoms with E-state index in [0.717, 1.165) is 30.4 Å². The van der Waals surface area contributed by atoms with E-state index in [1.807, 2.05) is 42.5 Å². The summed E-state index contributed by atoms with van der Waals surface area (Å²) < 4.78 is 0. The predicted octanol–water partition coefficient (Wildman–Crippen LogP) is 4.16. The largest absolute Gasteiger partial charge is 0.398 e. The second-order valence-electron chi connectivity index (χ2n) is 6.06. The third kappa shape index (κ3) is 3.63. The van der Waals surface area contributed by atoms with Crippen LogP contribution in [0.5, 0.6) is 0 Å². The van der Waals surface area contributed by atoms with Crippen molar-refractivity contribution in [2.75, 3.05) is 5.73 Å². The number of ketones is 1. The van der Waals surface area contributed by atoms with E-state index in [2.05, 4.69) is 24.0 Å². The molecule has 0 radical (unpaired) electrons. The highest BCUT2D eigenvalue weighted by molar-refractivity contribution is 5.83. The third-order valence-electron chi connectivity index (χ3n) is 4.49. The van der Waals surface area contributed by atoms with Crippen molar-refractivity contribution < 1.29 is 4.79 Å². The first-order chi connectivity index (χ1) is 11.3. The van der Waals surface area contributed by atoms with Gasteiger partial charge in [0.05, 0.1) is 5.92 Å². The van der Waals surface area contributed by atoms with E-state index in [1.54, 1.807) is 0 Å². The quantitative estimate of drug-likeness (QED) is 0.668. The van der Waals surface area contributed by atoms with Crippen molar-refractivity contribution in [1.82, 2.24) is 0 Å². The van der Waals surface area contributed by atoms with Crippen LogP contribution in [0.2, 0.25) is 0 Å². The van der Waals surface area contributed by atoms with Gasteiger partial charge in [0, 0.05) is 23.6 Å². The van der Waals surface area contributed by atoms with Crippen LogP contribution >= 0.6 is 0 Å². The standard InChI is InChI=1S/C21H21NO/c22-20-12-6-4-10-17(20)14-15-18(16-8-2-1-3-9-16)19-11-5-7-13-21(19)23/h1-4,6,8-10,12,18-19H,5,7,11,13,22H2. The van der Waals surface area contributed by atoms with Gasteiger partial charge in [-0.15, -0.1) is 0 Å². The van der Waals surface area contributed by atoms with Crippen LogP contribution in [0.3, 0.4) is 0 Å². The molecule has 2 aromatic carbocycles. The summed E-state index contributed by atoms with van der Waals surface area (Å²) in [4.78, 5) is 12.4. The number of para-hydroxylation sites is 1. The van der Waals surface area contributed by atoms with Crippen molar-refractivity contribution in [1.29, 1.82) is 0 Å². The fraction of sp³-hybridized carbons (Fsp3) is 0.286. The zero-order valence-corrected chi connectivity index (χ0v) is 13.2. The molecule has 116 valence electrons. The van der Waals surface area contributed by atoms with Crippen LogP contribution in [-0.2, 0) is 4.79 Å². The Morgan fingerprint density at radius 3 is 2.48 bits per heavy atom. The van der Waals surface area contributed by atoms with Gasteiger partial charge in [-0.25, -0.2) is 0 Å². The Morgan fingerprint density at radius 2 is 1.74 bits per heavy atom. The maximum absolute atomic E-state index is 12.4. The Balaban J connectivity index is 1.96. The Kier molecular flexibility index (Phi) is 4.78. The van der Waals surface area contributed by atoms with E-state index < -0.39 is 0 Å². The van der Waals surface area contributed by atoms with Crippen molar-refractivity contribution in [3.8, 4) is 11.8 Å². The molecule has 0 amide bonds. The first-order valence-corrected chi connectivity index (χ1v) is 8.19. The molecule has 2 atom stereocenters. The molecule has 0 heterocycles. The molecule has 2 nitrogen and oxygen atoms in total. The van der Waals surface area contributed by atoms with Crippen LogP contribution in [-0.4, -0.2) is 5.78 Å². The van der Waals surface area contributed by atoms with Crippen LogP contribution in [0.15, 0.2) is 54.6 Å². The third-order valence-corrected chi connectivity index (χ3v) is 4.49. The van der Waals surface area contributed by atoms with Crippen molar-refractivity contribution >= 4 is 11.5 Å². The zero-order valence-electron chi connectivity index (χ0n) is 13.2. The van der Waals surface area contributed by atoms with Crippen molar-refractivity contribution in [2.24, 2.45) is 5.92 Å². The Hall–Kier alpha value is -2.53. The maximum Gasteiger partial charge on any atom is 0.137 e. The molecular weight excluding hydrogens is 282 g/mol. The van der Waals surface area contributed by atoms with Gasteiger partial charge in [0.25, 0.3) is 0 Å². The van der Waals surface area contributed by atoms with Crippen LogP contribution in [0.1, 0.15) is 42.7 Å². The molecule has 1 aliphatic rings. The van der Waals surface area contributed by atoms with Gasteiger partial charge < -0.3 is 5.73 Å². The highest BCUT2D eigenvalue weighted by Gasteiger charge is 2.30. The number of anilines is 1. The molecule has 0 bridgehead atoms. The monoisotopic (exact) mass is 303 g/mol. The molecule has 2 unspecified atom stereocenters. The van der Waals surface area contributed by atoms with Crippen molar-refractivity contribution in [3.05, 3.63) is 65.7 Å². The first-order valence-electron chi connectivity index (χ1n) is 8.19. The lowest BCUT2D eigenvalue weighted by molar-refractivity contribution is -0.124. The summed E-state index contributed by atoms with van der Waals surface area (Å²) in [7, 11) is 0. The van der Waals surface area contributed by atoms with E-state index in [0.29, 0.717) is 17.9 Å². The lowest BCUT2D eigenvalue weighted by Gasteiger charge is -2.26. The molecular formula is C21H21NO. The fourth-order valence-corrected chi connectivity index (χ4v) is 3.21. The smallest absolute Gasteiger partial charge is 0.137 e. The van der Waals surface area contributed by atoms with E-state index in [1.165, 1.54) is 0 Å². The fourth-order valence-electron chi connectivity index (χ4n) is 3.21. The molecule has 0 aliphatic heterocycles. The normalized spacial score (nSPS) is 18.8. The second-order valence-corrected chi connectivity index (χ2v) is 6.06. The minimum Gasteiger partial charge on any atom is -0.398 e. The predicted molar refractivity (Wildman–Crippen MR) is 93.9 cm³/mol. The number of nitrogen functional groups attached to an aromatic ring is 1. The molecule has 1 fully saturated rings. The summed E-state index contributed by atoms with van der Waals surface area (Å²) >= 11 is 0. The van der Waals surface area contributed by atoms with Gasteiger partial charge in [0.1, 0.15) is 5.78 Å². The molecule has 1 aliphatic carbocycles. The van der Waals surface area contributed by atoms with E-state index >= 15 is 0 Å². The molecule has 1 saturated carbocycles. The van der Waals surface area contributed by atoms with Crippen LogP contribution in [0, 0.1) is 17.8 Å². The lowest BCUT2D eigenvalue weighted by Crippen LogP contribution is -2.25. The van der Waals surface area contributed by atoms with E-state index in [-0.39, 0.29) is 11.8 Å². The van der Waals surface area contributed by atoms with Crippen LogP contribution < -0.4 is 5.73 Å². The summed E-state index contributed by atoms with van der Waals surface area (Å²) in [5.41, 5.74) is 8.61. The Labute approximate surface area is 137 Å². The molecule has 0 aromatic heterocycles. The number of carbonyl (C=O) groups excluding carboxylic acids is 1. The summed E-state index contributed by atoms with van der Waals surface area (Å²) in [6, 6.07) is 17.8.